The summed E-state index contributed by atoms with van der Waals surface area (Å²) < 4.78 is 0. The smallest absolute Gasteiger partial charge is 0.00345 e. The Hall–Kier alpha value is -0.780. The van der Waals surface area contributed by atoms with Crippen molar-refractivity contribution in [2.24, 2.45) is 0 Å². The van der Waals surface area contributed by atoms with Crippen LogP contribution in [0.3, 0.4) is 0 Å². The molecule has 1 aromatic rings. The van der Waals surface area contributed by atoms with Gasteiger partial charge in [0.1, 0.15) is 0 Å². The standard InChI is InChI=1S/C28H45/c1-9-25(10-2)19-26(11-3,12-4)22-18-24-23(17-21(22)25)27(13-5,14-6)20-28(24,15-7)16-8/h17H,9-16,19-20H2,1-8H3. The third kappa shape index (κ3) is 2.61. The summed E-state index contributed by atoms with van der Waals surface area (Å²) in [5.74, 6) is 0. The van der Waals surface area contributed by atoms with Crippen LogP contribution in [-0.2, 0) is 21.7 Å². The van der Waals surface area contributed by atoms with E-state index in [0.29, 0.717) is 21.7 Å². The summed E-state index contributed by atoms with van der Waals surface area (Å²) in [6, 6.07) is 6.98. The summed E-state index contributed by atoms with van der Waals surface area (Å²) in [4.78, 5) is 0. The van der Waals surface area contributed by atoms with Crippen LogP contribution >= 0.6 is 0 Å². The average Bonchev–Trinajstić information content (AvgIpc) is 3.21. The Morgan fingerprint density at radius 3 is 1.07 bits per heavy atom. The fraction of sp³-hybridized carbons (Fsp3) is 0.786. The first kappa shape index (κ1) is 21.9. The van der Waals surface area contributed by atoms with E-state index in [9.17, 15) is 0 Å². The lowest BCUT2D eigenvalue weighted by Crippen LogP contribution is -2.28. The molecule has 0 fully saturated rings. The van der Waals surface area contributed by atoms with Gasteiger partial charge in [-0.1, -0.05) is 61.5 Å². The Morgan fingerprint density at radius 2 is 0.821 bits per heavy atom. The lowest BCUT2D eigenvalue weighted by molar-refractivity contribution is 0.277. The maximum atomic E-state index is 4.24. The molecule has 0 atom stereocenters. The highest BCUT2D eigenvalue weighted by Gasteiger charge is 2.54. The van der Waals surface area contributed by atoms with Gasteiger partial charge in [-0.15, -0.1) is 0 Å². The normalized spacial score (nSPS) is 22.9. The van der Waals surface area contributed by atoms with E-state index in [1.54, 1.807) is 22.3 Å². The number of hydrogen-bond donors (Lipinski definition) is 0. The molecule has 2 aliphatic carbocycles. The monoisotopic (exact) mass is 381 g/mol. The highest BCUT2D eigenvalue weighted by molar-refractivity contribution is 5.56. The minimum atomic E-state index is 0.341. The first-order valence-corrected chi connectivity index (χ1v) is 12.5. The van der Waals surface area contributed by atoms with Gasteiger partial charge in [-0.05, 0) is 114 Å². The number of hydrogen-bond acceptors (Lipinski definition) is 0. The van der Waals surface area contributed by atoms with Gasteiger partial charge in [-0.2, -0.15) is 0 Å². The first-order valence-electron chi connectivity index (χ1n) is 12.5. The Labute approximate surface area is 175 Å². The third-order valence-corrected chi connectivity index (χ3v) is 10.0. The predicted octanol–water partition coefficient (Wildman–Crippen LogP) is 8.53. The van der Waals surface area contributed by atoms with E-state index in [0.717, 1.165) is 0 Å². The van der Waals surface area contributed by atoms with Crippen LogP contribution in [0.2, 0.25) is 0 Å². The van der Waals surface area contributed by atoms with Crippen LogP contribution in [0, 0.1) is 6.07 Å². The highest BCUT2D eigenvalue weighted by Crippen LogP contribution is 2.62. The average molecular weight is 382 g/mol. The summed E-state index contributed by atoms with van der Waals surface area (Å²) in [6.45, 7) is 19.4. The summed E-state index contributed by atoms with van der Waals surface area (Å²) in [7, 11) is 0. The molecule has 0 spiro atoms. The Bertz CT molecular complexity index is 575. The number of rotatable bonds is 8. The third-order valence-electron chi connectivity index (χ3n) is 10.0. The minimum absolute atomic E-state index is 0.341. The van der Waals surface area contributed by atoms with Crippen LogP contribution in [0.15, 0.2) is 6.07 Å². The van der Waals surface area contributed by atoms with Gasteiger partial charge < -0.3 is 0 Å². The van der Waals surface area contributed by atoms with Gasteiger partial charge in [-0.3, -0.25) is 0 Å². The predicted molar refractivity (Wildman–Crippen MR) is 124 cm³/mol. The van der Waals surface area contributed by atoms with Crippen molar-refractivity contribution < 1.29 is 0 Å². The zero-order chi connectivity index (χ0) is 20.8. The molecule has 0 N–H and O–H groups in total. The Kier molecular flexibility index (Phi) is 5.85. The lowest BCUT2D eigenvalue weighted by Gasteiger charge is -2.34. The SMILES string of the molecule is CCC1(CC)CC(CC)(CC)c2cc3c([c]c21)C(CC)(CC)CC3(CC)CC. The molecule has 0 nitrogen and oxygen atoms in total. The van der Waals surface area contributed by atoms with Gasteiger partial charge in [-0.25, -0.2) is 0 Å². The Balaban J connectivity index is 2.37. The Morgan fingerprint density at radius 1 is 0.536 bits per heavy atom. The maximum Gasteiger partial charge on any atom is -0.00345 e. The number of benzene rings is 1. The molecule has 3 rings (SSSR count). The second kappa shape index (κ2) is 7.48. The van der Waals surface area contributed by atoms with Gasteiger partial charge in [0.25, 0.3) is 0 Å². The zero-order valence-corrected chi connectivity index (χ0v) is 20.1. The minimum Gasteiger partial charge on any atom is -0.0645 e. The number of fused-ring (bicyclic) bond motifs is 2. The molecule has 0 heterocycles. The molecule has 157 valence electrons. The molecule has 0 heteroatoms. The molecule has 28 heavy (non-hydrogen) atoms. The van der Waals surface area contributed by atoms with Crippen molar-refractivity contribution in [1.29, 1.82) is 0 Å². The molecule has 1 aromatic carbocycles. The largest absolute Gasteiger partial charge is 0.0645 e. The fourth-order valence-corrected chi connectivity index (χ4v) is 7.35. The van der Waals surface area contributed by atoms with E-state index >= 15 is 0 Å². The van der Waals surface area contributed by atoms with Crippen LogP contribution < -0.4 is 0 Å². The van der Waals surface area contributed by atoms with Gasteiger partial charge in [0.15, 0.2) is 0 Å². The van der Waals surface area contributed by atoms with E-state index in [-0.39, 0.29) is 0 Å². The van der Waals surface area contributed by atoms with Gasteiger partial charge in [0.2, 0.25) is 0 Å². The molecule has 0 bridgehead atoms. The van der Waals surface area contributed by atoms with Crippen molar-refractivity contribution in [2.75, 3.05) is 0 Å². The van der Waals surface area contributed by atoms with Crippen LogP contribution in [0.4, 0.5) is 0 Å². The van der Waals surface area contributed by atoms with Crippen molar-refractivity contribution >= 4 is 0 Å². The topological polar surface area (TPSA) is 0 Å². The lowest BCUT2D eigenvalue weighted by atomic mass is 9.70. The molecular weight excluding hydrogens is 336 g/mol. The quantitative estimate of drug-likeness (QED) is 0.423. The van der Waals surface area contributed by atoms with Crippen LogP contribution in [0.5, 0.6) is 0 Å². The summed E-state index contributed by atoms with van der Waals surface area (Å²) >= 11 is 0. The van der Waals surface area contributed by atoms with Gasteiger partial charge in [0.05, 0.1) is 0 Å². The van der Waals surface area contributed by atoms with Crippen LogP contribution in [0.1, 0.15) is 142 Å². The van der Waals surface area contributed by atoms with Crippen molar-refractivity contribution in [2.45, 2.75) is 141 Å². The second-order valence-electron chi connectivity index (χ2n) is 10.1. The molecule has 1 radical (unpaired) electrons. The summed E-state index contributed by atoms with van der Waals surface area (Å²) in [5, 5.41) is 0. The maximum absolute atomic E-state index is 4.24. The molecule has 0 saturated heterocycles. The highest BCUT2D eigenvalue weighted by atomic mass is 14.6. The van der Waals surface area contributed by atoms with Crippen LogP contribution in [0.25, 0.3) is 0 Å². The molecule has 0 aliphatic heterocycles. The molecule has 0 saturated carbocycles. The van der Waals surface area contributed by atoms with Crippen molar-refractivity contribution in [3.8, 4) is 0 Å². The molecule has 0 unspecified atom stereocenters. The molecule has 0 amide bonds. The fourth-order valence-electron chi connectivity index (χ4n) is 7.35. The van der Waals surface area contributed by atoms with Crippen LogP contribution in [-0.4, -0.2) is 0 Å². The van der Waals surface area contributed by atoms with Crippen molar-refractivity contribution in [3.63, 3.8) is 0 Å². The van der Waals surface area contributed by atoms with Gasteiger partial charge in [0, 0.05) is 0 Å². The van der Waals surface area contributed by atoms with E-state index < -0.39 is 0 Å². The summed E-state index contributed by atoms with van der Waals surface area (Å²) in [5.41, 5.74) is 8.03. The van der Waals surface area contributed by atoms with Crippen molar-refractivity contribution in [1.82, 2.24) is 0 Å². The summed E-state index contributed by atoms with van der Waals surface area (Å²) in [6.07, 6.45) is 12.8. The van der Waals surface area contributed by atoms with Gasteiger partial charge >= 0.3 is 0 Å². The van der Waals surface area contributed by atoms with Crippen molar-refractivity contribution in [3.05, 3.63) is 34.4 Å². The van der Waals surface area contributed by atoms with E-state index in [4.69, 9.17) is 0 Å². The van der Waals surface area contributed by atoms with E-state index in [2.05, 4.69) is 67.5 Å². The first-order chi connectivity index (χ1) is 13.4. The van der Waals surface area contributed by atoms with E-state index in [1.807, 2.05) is 0 Å². The molecule has 0 aromatic heterocycles. The van der Waals surface area contributed by atoms with E-state index in [1.165, 1.54) is 64.2 Å². The second-order valence-corrected chi connectivity index (χ2v) is 10.1. The molecular formula is C28H45. The zero-order valence-electron chi connectivity index (χ0n) is 20.1. The molecule has 2 aliphatic rings.